The Kier molecular flexibility index (Phi) is 21.9. The first-order chi connectivity index (χ1) is 3.73. The summed E-state index contributed by atoms with van der Waals surface area (Å²) in [5.74, 6) is 0. The quantitative estimate of drug-likeness (QED) is 0.248. The van der Waals surface area contributed by atoms with Crippen LogP contribution in [0.2, 0.25) is 0 Å². The molecule has 0 spiro atoms. The Labute approximate surface area is 95.1 Å². The molecule has 0 aromatic carbocycles. The molecule has 0 aliphatic rings. The molecule has 0 radical (unpaired) electrons. The standard InChI is InChI=1S/CH2O3.Fe.Na.H2O4S/c2-1(3)4;;;1-5(2,3)4/h(H2,2,3,4);;;(H2,1,2,3,4)/q;;+1;/p-2. The molecule has 0 rings (SSSR count). The normalized spacial score (nSPS) is 7.45. The summed E-state index contributed by atoms with van der Waals surface area (Å²) in [6.45, 7) is 0. The third-order valence-electron chi connectivity index (χ3n) is 0. The third kappa shape index (κ3) is 1840. The summed E-state index contributed by atoms with van der Waals surface area (Å²) in [6.07, 6.45) is -1.83. The van der Waals surface area contributed by atoms with Gasteiger partial charge in [-0.2, -0.15) is 0 Å². The monoisotopic (exact) mass is 237 g/mol. The van der Waals surface area contributed by atoms with Gasteiger partial charge in [-0.15, -0.1) is 0 Å². The molecule has 0 heterocycles. The summed E-state index contributed by atoms with van der Waals surface area (Å²) < 4.78 is 34.1. The second-order valence-electron chi connectivity index (χ2n) is 0.691. The van der Waals surface area contributed by atoms with E-state index in [4.69, 9.17) is 32.5 Å². The summed E-state index contributed by atoms with van der Waals surface area (Å²) in [4.78, 5) is 8.56. The zero-order valence-corrected chi connectivity index (χ0v) is 9.12. The topological polar surface area (TPSA) is 138 Å². The smallest absolute Gasteiger partial charge is 0.759 e. The van der Waals surface area contributed by atoms with Crippen LogP contribution in [0.3, 0.4) is 0 Å². The fourth-order valence-corrected chi connectivity index (χ4v) is 0. The van der Waals surface area contributed by atoms with Gasteiger partial charge in [0.15, 0.2) is 0 Å². The van der Waals surface area contributed by atoms with Crippen molar-refractivity contribution in [2.75, 3.05) is 0 Å². The summed E-state index contributed by atoms with van der Waals surface area (Å²) in [5, 5.41) is 13.9. The molecule has 0 aliphatic heterocycles. The van der Waals surface area contributed by atoms with E-state index >= 15 is 0 Å². The van der Waals surface area contributed by atoms with Crippen LogP contribution in [0.15, 0.2) is 0 Å². The van der Waals surface area contributed by atoms with Crippen molar-refractivity contribution in [2.24, 2.45) is 0 Å². The molecular formula is CH2FeNaO7S-. The Bertz CT molecular complexity index is 161. The van der Waals surface area contributed by atoms with Gasteiger partial charge in [0, 0.05) is 27.5 Å². The summed E-state index contributed by atoms with van der Waals surface area (Å²) in [7, 11) is -5.17. The van der Waals surface area contributed by atoms with Crippen molar-refractivity contribution in [3.8, 4) is 0 Å². The van der Waals surface area contributed by atoms with Crippen molar-refractivity contribution >= 4 is 16.6 Å². The molecule has 10 heteroatoms. The maximum Gasteiger partial charge on any atom is 1.00 e. The first-order valence-electron chi connectivity index (χ1n) is 1.32. The van der Waals surface area contributed by atoms with E-state index in [1.807, 2.05) is 0 Å². The Morgan fingerprint density at radius 1 is 1.18 bits per heavy atom. The van der Waals surface area contributed by atoms with Crippen LogP contribution in [0.5, 0.6) is 0 Å². The summed E-state index contributed by atoms with van der Waals surface area (Å²) >= 11 is 0. The number of hydrogen-bond acceptors (Lipinski definition) is 5. The van der Waals surface area contributed by atoms with Crippen LogP contribution >= 0.6 is 0 Å². The van der Waals surface area contributed by atoms with Gasteiger partial charge in [-0.05, 0) is 0 Å². The molecular weight excluding hydrogens is 235 g/mol. The fourth-order valence-electron chi connectivity index (χ4n) is 0. The number of carbonyl (C=O) groups is 1. The van der Waals surface area contributed by atoms with Gasteiger partial charge in [-0.1, -0.05) is 0 Å². The van der Waals surface area contributed by atoms with Gasteiger partial charge >= 0.3 is 35.7 Å². The Morgan fingerprint density at radius 2 is 1.18 bits per heavy atom. The minimum Gasteiger partial charge on any atom is -0.759 e. The van der Waals surface area contributed by atoms with Crippen molar-refractivity contribution in [2.45, 2.75) is 0 Å². The van der Waals surface area contributed by atoms with Crippen LogP contribution in [0, 0.1) is 0 Å². The van der Waals surface area contributed by atoms with Crippen LogP contribution in [0.25, 0.3) is 0 Å². The van der Waals surface area contributed by atoms with E-state index in [0.717, 1.165) is 0 Å². The van der Waals surface area contributed by atoms with Gasteiger partial charge in [0.1, 0.15) is 0 Å². The van der Waals surface area contributed by atoms with Crippen molar-refractivity contribution < 1.29 is 79.2 Å². The van der Waals surface area contributed by atoms with E-state index < -0.39 is 16.6 Å². The van der Waals surface area contributed by atoms with Gasteiger partial charge < -0.3 is 19.3 Å². The van der Waals surface area contributed by atoms with E-state index in [-0.39, 0.29) is 46.6 Å². The number of carboxylic acid groups (broad SMARTS) is 2. The summed E-state index contributed by atoms with van der Waals surface area (Å²) in [5.41, 5.74) is 0. The van der Waals surface area contributed by atoms with Gasteiger partial charge in [0.2, 0.25) is 0 Å². The molecule has 0 aromatic rings. The van der Waals surface area contributed by atoms with Crippen molar-refractivity contribution in [3.05, 3.63) is 0 Å². The molecule has 0 unspecified atom stereocenters. The van der Waals surface area contributed by atoms with Crippen LogP contribution in [0.1, 0.15) is 0 Å². The van der Waals surface area contributed by atoms with Crippen LogP contribution < -0.4 is 29.6 Å². The molecule has 0 amide bonds. The van der Waals surface area contributed by atoms with E-state index in [0.29, 0.717) is 0 Å². The van der Waals surface area contributed by atoms with Gasteiger partial charge in [-0.3, -0.25) is 8.42 Å². The van der Waals surface area contributed by atoms with E-state index in [1.54, 1.807) is 0 Å². The first-order valence-corrected chi connectivity index (χ1v) is 2.65. The molecule has 2 N–H and O–H groups in total. The van der Waals surface area contributed by atoms with Crippen molar-refractivity contribution in [3.63, 3.8) is 0 Å². The Hall–Kier alpha value is 0.659. The Balaban J connectivity index is -0.0000000383. The first kappa shape index (κ1) is 22.6. The molecule has 11 heavy (non-hydrogen) atoms. The molecule has 0 atom stereocenters. The van der Waals surface area contributed by atoms with Crippen molar-refractivity contribution in [1.82, 2.24) is 0 Å². The van der Waals surface area contributed by atoms with E-state index in [2.05, 4.69) is 0 Å². The zero-order valence-electron chi connectivity index (χ0n) is 5.20. The minimum absolute atomic E-state index is 0. The summed E-state index contributed by atoms with van der Waals surface area (Å²) in [6, 6.07) is 0. The second kappa shape index (κ2) is 10.7. The molecule has 7 nitrogen and oxygen atoms in total. The third-order valence-corrected chi connectivity index (χ3v) is 0. The molecule has 0 aliphatic carbocycles. The van der Waals surface area contributed by atoms with Gasteiger partial charge in [-0.25, -0.2) is 4.79 Å². The predicted molar refractivity (Wildman–Crippen MR) is 21.1 cm³/mol. The molecule has 0 fully saturated rings. The van der Waals surface area contributed by atoms with Crippen LogP contribution in [-0.2, 0) is 27.5 Å². The molecule has 0 aromatic heterocycles. The SMILES string of the molecule is O=C(O)O.O=S(=O)([O-])[O-].[Fe].[Na+]. The molecule has 0 saturated heterocycles. The minimum atomic E-state index is -5.17. The van der Waals surface area contributed by atoms with Crippen molar-refractivity contribution in [1.29, 1.82) is 0 Å². The van der Waals surface area contributed by atoms with Crippen LogP contribution in [-0.4, -0.2) is 33.9 Å². The maximum absolute atomic E-state index is 8.56. The van der Waals surface area contributed by atoms with Crippen LogP contribution in [0.4, 0.5) is 4.79 Å². The van der Waals surface area contributed by atoms with Gasteiger partial charge in [0.25, 0.3) is 0 Å². The zero-order chi connectivity index (χ0) is 8.08. The van der Waals surface area contributed by atoms with Gasteiger partial charge in [0.05, 0.1) is 0 Å². The molecule has 0 bridgehead atoms. The van der Waals surface area contributed by atoms with E-state index in [1.165, 1.54) is 0 Å². The molecule has 0 saturated carbocycles. The number of hydrogen-bond donors (Lipinski definition) is 2. The van der Waals surface area contributed by atoms with E-state index in [9.17, 15) is 0 Å². The number of rotatable bonds is 0. The molecule has 64 valence electrons. The maximum atomic E-state index is 8.56. The second-order valence-corrected chi connectivity index (χ2v) is 1.51. The predicted octanol–water partition coefficient (Wildman–Crippen LogP) is -4.11. The fraction of sp³-hybridized carbons (Fsp3) is 0. The largest absolute Gasteiger partial charge is 1.00 e. The average molecular weight is 237 g/mol. The Morgan fingerprint density at radius 3 is 1.18 bits per heavy atom. The average Bonchev–Trinajstić information content (AvgIpc) is 1.19.